The fourth-order valence-corrected chi connectivity index (χ4v) is 4.64. The second-order valence-corrected chi connectivity index (χ2v) is 8.61. The number of halogens is 6. The lowest BCUT2D eigenvalue weighted by Crippen LogP contribution is -2.38. The minimum Gasteiger partial charge on any atom is -0.480 e. The number of carboxylic acids is 1. The minimum atomic E-state index is -5.06. The smallest absolute Gasteiger partial charge is 0.417 e. The third kappa shape index (κ3) is 4.71. The van der Waals surface area contributed by atoms with Gasteiger partial charge in [0.15, 0.2) is 0 Å². The van der Waals surface area contributed by atoms with E-state index in [1.165, 1.54) is 72.8 Å². The summed E-state index contributed by atoms with van der Waals surface area (Å²) in [6, 6.07) is 21.6. The summed E-state index contributed by atoms with van der Waals surface area (Å²) in [4.78, 5) is 12.7. The van der Waals surface area contributed by atoms with Crippen LogP contribution in [0.3, 0.4) is 0 Å². The third-order valence-electron chi connectivity index (χ3n) is 6.37. The second-order valence-electron chi connectivity index (χ2n) is 8.61. The average Bonchev–Trinajstić information content (AvgIpc) is 2.87. The molecule has 37 heavy (non-hydrogen) atoms. The molecule has 0 fully saturated rings. The maximum Gasteiger partial charge on any atom is 0.417 e. The molecule has 2 nitrogen and oxygen atoms in total. The number of aliphatic carboxylic acids is 1. The molecule has 8 heteroatoms. The fraction of sp³-hybridized carbons (Fsp3) is 0.138. The Morgan fingerprint density at radius 2 is 0.919 bits per heavy atom. The van der Waals surface area contributed by atoms with Gasteiger partial charge in [-0.3, -0.25) is 4.79 Å². The topological polar surface area (TPSA) is 37.3 Å². The van der Waals surface area contributed by atoms with Crippen LogP contribution in [0.5, 0.6) is 0 Å². The molecule has 0 radical (unpaired) electrons. The van der Waals surface area contributed by atoms with Crippen molar-refractivity contribution in [3.8, 4) is 22.3 Å². The molecule has 4 aromatic rings. The predicted molar refractivity (Wildman–Crippen MR) is 128 cm³/mol. The summed E-state index contributed by atoms with van der Waals surface area (Å²) >= 11 is 0. The molecule has 0 aliphatic heterocycles. The van der Waals surface area contributed by atoms with Crippen LogP contribution in [-0.4, -0.2) is 11.1 Å². The van der Waals surface area contributed by atoms with E-state index in [9.17, 15) is 36.2 Å². The van der Waals surface area contributed by atoms with Gasteiger partial charge in [0.1, 0.15) is 5.41 Å². The Morgan fingerprint density at radius 1 is 0.568 bits per heavy atom. The molecule has 0 atom stereocenters. The van der Waals surface area contributed by atoms with Crippen LogP contribution in [0.2, 0.25) is 0 Å². The van der Waals surface area contributed by atoms with Gasteiger partial charge in [0.2, 0.25) is 0 Å². The summed E-state index contributed by atoms with van der Waals surface area (Å²) < 4.78 is 87.4. The van der Waals surface area contributed by atoms with E-state index in [1.54, 1.807) is 12.1 Å². The highest BCUT2D eigenvalue weighted by Crippen LogP contribution is 2.50. The Labute approximate surface area is 208 Å². The molecule has 0 heterocycles. The molecular formula is C29H20F6O2. The van der Waals surface area contributed by atoms with E-state index in [1.807, 2.05) is 0 Å². The molecule has 0 saturated carbocycles. The zero-order chi connectivity index (χ0) is 27.0. The zero-order valence-electron chi connectivity index (χ0n) is 19.4. The van der Waals surface area contributed by atoms with Gasteiger partial charge in [-0.15, -0.1) is 0 Å². The first-order valence-electron chi connectivity index (χ1n) is 11.1. The van der Waals surface area contributed by atoms with Crippen molar-refractivity contribution in [1.29, 1.82) is 0 Å². The first-order valence-corrected chi connectivity index (χ1v) is 11.1. The van der Waals surface area contributed by atoms with Crippen LogP contribution in [0.4, 0.5) is 26.3 Å². The quantitative estimate of drug-likeness (QED) is 0.271. The van der Waals surface area contributed by atoms with E-state index < -0.39 is 46.0 Å². The number of benzene rings is 4. The Hall–Kier alpha value is -4.07. The van der Waals surface area contributed by atoms with Gasteiger partial charge in [0.25, 0.3) is 0 Å². The maximum atomic E-state index is 14.6. The summed E-state index contributed by atoms with van der Waals surface area (Å²) in [5.74, 6) is -1.85. The monoisotopic (exact) mass is 514 g/mol. The zero-order valence-corrected chi connectivity index (χ0v) is 19.4. The molecule has 0 aliphatic carbocycles. The van der Waals surface area contributed by atoms with Crippen LogP contribution in [0, 0.1) is 0 Å². The summed E-state index contributed by atoms with van der Waals surface area (Å²) in [6.45, 7) is 0.883. The van der Waals surface area contributed by atoms with Gasteiger partial charge >= 0.3 is 18.3 Å². The molecule has 1 N–H and O–H groups in total. The first kappa shape index (κ1) is 26.0. The molecule has 4 aromatic carbocycles. The molecule has 0 bridgehead atoms. The van der Waals surface area contributed by atoms with Crippen molar-refractivity contribution >= 4 is 5.97 Å². The highest BCUT2D eigenvalue weighted by atomic mass is 19.4. The van der Waals surface area contributed by atoms with Crippen LogP contribution < -0.4 is 0 Å². The maximum absolute atomic E-state index is 14.6. The SMILES string of the molecule is CC(C(=O)O)(c1cccc(-c2ccccc2)c1C(F)(F)F)c1cccc(-c2ccccc2)c1C(F)(F)F. The van der Waals surface area contributed by atoms with Gasteiger partial charge < -0.3 is 5.11 Å². The molecule has 0 spiro atoms. The van der Waals surface area contributed by atoms with Gasteiger partial charge in [-0.1, -0.05) is 97.1 Å². The van der Waals surface area contributed by atoms with Crippen LogP contribution in [0.1, 0.15) is 29.2 Å². The van der Waals surface area contributed by atoms with Gasteiger partial charge in [0.05, 0.1) is 11.1 Å². The van der Waals surface area contributed by atoms with E-state index in [4.69, 9.17) is 0 Å². The predicted octanol–water partition coefficient (Wildman–Crippen LogP) is 8.45. The lowest BCUT2D eigenvalue weighted by molar-refractivity contribution is -0.145. The Balaban J connectivity index is 2.13. The van der Waals surface area contributed by atoms with Crippen molar-refractivity contribution in [1.82, 2.24) is 0 Å². The van der Waals surface area contributed by atoms with Gasteiger partial charge in [0, 0.05) is 0 Å². The molecule has 0 aromatic heterocycles. The van der Waals surface area contributed by atoms with Crippen molar-refractivity contribution in [2.24, 2.45) is 0 Å². The minimum absolute atomic E-state index is 0.151. The van der Waals surface area contributed by atoms with E-state index in [2.05, 4.69) is 0 Å². The van der Waals surface area contributed by atoms with Crippen LogP contribution >= 0.6 is 0 Å². The summed E-state index contributed by atoms with van der Waals surface area (Å²) in [5, 5.41) is 10.3. The fourth-order valence-electron chi connectivity index (χ4n) is 4.64. The first-order chi connectivity index (χ1) is 17.4. The molecule has 190 valence electrons. The Morgan fingerprint density at radius 3 is 1.22 bits per heavy atom. The molecule has 4 rings (SSSR count). The van der Waals surface area contributed by atoms with E-state index in [-0.39, 0.29) is 22.3 Å². The molecular weight excluding hydrogens is 494 g/mol. The van der Waals surface area contributed by atoms with Gasteiger partial charge in [-0.05, 0) is 40.3 Å². The average molecular weight is 514 g/mol. The van der Waals surface area contributed by atoms with Crippen molar-refractivity contribution in [2.45, 2.75) is 24.7 Å². The highest BCUT2D eigenvalue weighted by Gasteiger charge is 2.50. The molecule has 0 amide bonds. The lowest BCUT2D eigenvalue weighted by atomic mass is 9.70. The Bertz CT molecular complexity index is 1320. The van der Waals surface area contributed by atoms with E-state index in [0.717, 1.165) is 19.1 Å². The van der Waals surface area contributed by atoms with Crippen molar-refractivity contribution in [3.05, 3.63) is 119 Å². The third-order valence-corrected chi connectivity index (χ3v) is 6.37. The molecule has 0 unspecified atom stereocenters. The number of hydrogen-bond acceptors (Lipinski definition) is 1. The van der Waals surface area contributed by atoms with Crippen LogP contribution in [0.25, 0.3) is 22.3 Å². The summed E-state index contributed by atoms with van der Waals surface area (Å²) in [6.07, 6.45) is -10.1. The highest BCUT2D eigenvalue weighted by molar-refractivity contribution is 5.89. The number of carboxylic acid groups (broad SMARTS) is 1. The number of rotatable bonds is 5. The van der Waals surface area contributed by atoms with E-state index in [0.29, 0.717) is 0 Å². The van der Waals surface area contributed by atoms with Gasteiger partial charge in [-0.2, -0.15) is 26.3 Å². The number of hydrogen-bond donors (Lipinski definition) is 1. The molecule has 0 aliphatic rings. The van der Waals surface area contributed by atoms with E-state index >= 15 is 0 Å². The normalized spacial score (nSPS) is 12.4. The van der Waals surface area contributed by atoms with Crippen LogP contribution in [-0.2, 0) is 22.6 Å². The Kier molecular flexibility index (Phi) is 6.62. The lowest BCUT2D eigenvalue weighted by Gasteiger charge is -2.33. The number of alkyl halides is 6. The number of carbonyl (C=O) groups is 1. The summed E-state index contributed by atoms with van der Waals surface area (Å²) in [5.41, 5.74) is -7.23. The summed E-state index contributed by atoms with van der Waals surface area (Å²) in [7, 11) is 0. The van der Waals surface area contributed by atoms with Crippen molar-refractivity contribution < 1.29 is 36.2 Å². The van der Waals surface area contributed by atoms with Crippen molar-refractivity contribution in [3.63, 3.8) is 0 Å². The van der Waals surface area contributed by atoms with Gasteiger partial charge in [-0.25, -0.2) is 0 Å². The largest absolute Gasteiger partial charge is 0.480 e. The van der Waals surface area contributed by atoms with Crippen molar-refractivity contribution in [2.75, 3.05) is 0 Å². The standard InChI is InChI=1S/C29H20F6O2/c1-27(26(36)37,22-16-8-14-20(24(22)28(30,31)32)18-10-4-2-5-11-18)23-17-9-15-21(25(23)29(33,34)35)19-12-6-3-7-13-19/h2-17H,1H3,(H,36,37). The molecule has 0 saturated heterocycles. The van der Waals surface area contributed by atoms with Crippen LogP contribution in [0.15, 0.2) is 97.1 Å². The second kappa shape index (κ2) is 9.42.